The first-order valence-electron chi connectivity index (χ1n) is 6.77. The Balaban J connectivity index is 1.52. The third kappa shape index (κ3) is 4.54. The molecule has 0 amide bonds. The van der Waals surface area contributed by atoms with Gasteiger partial charge in [-0.05, 0) is 23.3 Å². The second-order valence-corrected chi connectivity index (χ2v) is 6.34. The molecular weight excluding hydrogens is 312 g/mol. The van der Waals surface area contributed by atoms with Gasteiger partial charge in [-0.15, -0.1) is 0 Å². The fraction of sp³-hybridized carbons (Fsp3) is 0.125. The van der Waals surface area contributed by atoms with Crippen LogP contribution in [0.25, 0.3) is 0 Å². The lowest BCUT2D eigenvalue weighted by molar-refractivity contribution is 0.966. The highest BCUT2D eigenvalue weighted by Crippen LogP contribution is 2.21. The summed E-state index contributed by atoms with van der Waals surface area (Å²) in [5.41, 5.74) is 2.53. The van der Waals surface area contributed by atoms with Crippen LogP contribution >= 0.6 is 23.5 Å². The molecule has 0 saturated heterocycles. The Morgan fingerprint density at radius 1 is 0.591 bits per heavy atom. The lowest BCUT2D eigenvalue weighted by atomic mass is 10.2. The highest BCUT2D eigenvalue weighted by atomic mass is 32.2. The molecule has 0 fully saturated rings. The van der Waals surface area contributed by atoms with E-state index in [4.69, 9.17) is 0 Å². The van der Waals surface area contributed by atoms with E-state index in [2.05, 4.69) is 44.2 Å². The molecule has 22 heavy (non-hydrogen) atoms. The first-order valence-corrected chi connectivity index (χ1v) is 8.75. The van der Waals surface area contributed by atoms with Crippen LogP contribution in [0.3, 0.4) is 0 Å². The van der Waals surface area contributed by atoms with Gasteiger partial charge in [0.1, 0.15) is 0 Å². The molecule has 0 aliphatic rings. The number of aromatic nitrogens is 4. The number of rotatable bonds is 6. The van der Waals surface area contributed by atoms with Crippen LogP contribution in [0.15, 0.2) is 71.5 Å². The molecule has 3 aromatic rings. The summed E-state index contributed by atoms with van der Waals surface area (Å²) in [5, 5.41) is 1.62. The maximum Gasteiger partial charge on any atom is 0.187 e. The molecule has 3 rings (SSSR count). The van der Waals surface area contributed by atoms with Crippen molar-refractivity contribution in [2.45, 2.75) is 21.8 Å². The first-order chi connectivity index (χ1) is 10.9. The van der Waals surface area contributed by atoms with Crippen LogP contribution in [0.2, 0.25) is 0 Å². The molecule has 0 bridgehead atoms. The Morgan fingerprint density at radius 2 is 0.955 bits per heavy atom. The van der Waals surface area contributed by atoms with Crippen molar-refractivity contribution in [3.8, 4) is 0 Å². The van der Waals surface area contributed by atoms with Crippen LogP contribution in [-0.2, 0) is 11.5 Å². The molecular formula is C16H14N4S2. The molecule has 0 aliphatic carbocycles. The van der Waals surface area contributed by atoms with E-state index in [-0.39, 0.29) is 0 Å². The van der Waals surface area contributed by atoms with E-state index in [0.29, 0.717) is 0 Å². The van der Waals surface area contributed by atoms with E-state index < -0.39 is 0 Å². The Morgan fingerprint density at radius 3 is 1.32 bits per heavy atom. The van der Waals surface area contributed by atoms with Crippen LogP contribution in [0.5, 0.6) is 0 Å². The van der Waals surface area contributed by atoms with Gasteiger partial charge in [0, 0.05) is 36.3 Å². The lowest BCUT2D eigenvalue weighted by Crippen LogP contribution is -1.88. The second-order valence-electron chi connectivity index (χ2n) is 4.46. The second kappa shape index (κ2) is 7.91. The summed E-state index contributed by atoms with van der Waals surface area (Å²) in [4.78, 5) is 16.8. The monoisotopic (exact) mass is 326 g/mol. The predicted octanol–water partition coefficient (Wildman–Crippen LogP) is 3.85. The van der Waals surface area contributed by atoms with Crippen molar-refractivity contribution >= 4 is 23.5 Å². The molecule has 0 unspecified atom stereocenters. The van der Waals surface area contributed by atoms with Gasteiger partial charge in [0.05, 0.1) is 0 Å². The number of nitrogens with zero attached hydrogens (tertiary/aromatic N) is 4. The molecule has 0 radical (unpaired) electrons. The zero-order valence-corrected chi connectivity index (χ0v) is 13.4. The van der Waals surface area contributed by atoms with E-state index in [9.17, 15) is 0 Å². The van der Waals surface area contributed by atoms with Crippen LogP contribution < -0.4 is 0 Å². The SMILES string of the molecule is c1cnc(SCc2ccc(CSc3ncccn3)cc2)nc1. The summed E-state index contributed by atoms with van der Waals surface area (Å²) in [5.74, 6) is 1.75. The van der Waals surface area contributed by atoms with Gasteiger partial charge in [0.2, 0.25) is 0 Å². The van der Waals surface area contributed by atoms with Gasteiger partial charge in [0.25, 0.3) is 0 Å². The smallest absolute Gasteiger partial charge is 0.187 e. The average Bonchev–Trinajstić information content (AvgIpc) is 2.61. The fourth-order valence-corrected chi connectivity index (χ4v) is 3.27. The van der Waals surface area contributed by atoms with Crippen molar-refractivity contribution in [2.24, 2.45) is 0 Å². The van der Waals surface area contributed by atoms with Gasteiger partial charge < -0.3 is 0 Å². The maximum absolute atomic E-state index is 4.21. The maximum atomic E-state index is 4.21. The lowest BCUT2D eigenvalue weighted by Gasteiger charge is -2.03. The zero-order chi connectivity index (χ0) is 15.0. The normalized spacial score (nSPS) is 10.5. The molecule has 0 spiro atoms. The van der Waals surface area contributed by atoms with Gasteiger partial charge in [-0.1, -0.05) is 47.8 Å². The molecule has 6 heteroatoms. The summed E-state index contributed by atoms with van der Waals surface area (Å²) in [7, 11) is 0. The van der Waals surface area contributed by atoms with Crippen molar-refractivity contribution in [3.63, 3.8) is 0 Å². The van der Waals surface area contributed by atoms with Crippen molar-refractivity contribution < 1.29 is 0 Å². The van der Waals surface area contributed by atoms with Gasteiger partial charge in [-0.25, -0.2) is 19.9 Å². The van der Waals surface area contributed by atoms with E-state index in [1.165, 1.54) is 11.1 Å². The Bertz CT molecular complexity index is 628. The molecule has 0 aliphatic heterocycles. The van der Waals surface area contributed by atoms with Crippen molar-refractivity contribution in [3.05, 3.63) is 72.3 Å². The van der Waals surface area contributed by atoms with Crippen LogP contribution in [0, 0.1) is 0 Å². The number of thioether (sulfide) groups is 2. The first kappa shape index (κ1) is 15.0. The summed E-state index contributed by atoms with van der Waals surface area (Å²) in [6.45, 7) is 0. The van der Waals surface area contributed by atoms with Crippen molar-refractivity contribution in [1.82, 2.24) is 19.9 Å². The van der Waals surface area contributed by atoms with Crippen LogP contribution in [-0.4, -0.2) is 19.9 Å². The van der Waals surface area contributed by atoms with Crippen LogP contribution in [0.4, 0.5) is 0 Å². The minimum absolute atomic E-state index is 0.809. The molecule has 1 aromatic carbocycles. The van der Waals surface area contributed by atoms with Crippen LogP contribution in [0.1, 0.15) is 11.1 Å². The highest BCUT2D eigenvalue weighted by Gasteiger charge is 2.01. The van der Waals surface area contributed by atoms with E-state index in [0.717, 1.165) is 21.8 Å². The molecule has 2 heterocycles. The summed E-state index contributed by atoms with van der Waals surface area (Å²) in [6, 6.07) is 12.3. The zero-order valence-electron chi connectivity index (χ0n) is 11.8. The molecule has 0 N–H and O–H groups in total. The molecule has 2 aromatic heterocycles. The Hall–Kier alpha value is -1.92. The average molecular weight is 326 g/mol. The quantitative estimate of drug-likeness (QED) is 0.506. The summed E-state index contributed by atoms with van der Waals surface area (Å²) < 4.78 is 0. The van der Waals surface area contributed by atoms with Gasteiger partial charge in [0.15, 0.2) is 10.3 Å². The van der Waals surface area contributed by atoms with E-state index >= 15 is 0 Å². The highest BCUT2D eigenvalue weighted by molar-refractivity contribution is 7.98. The van der Waals surface area contributed by atoms with E-state index in [1.807, 2.05) is 12.1 Å². The number of hydrogen-bond acceptors (Lipinski definition) is 6. The number of benzene rings is 1. The standard InChI is InChI=1S/C16H14N4S2/c1-7-17-15(18-8-1)21-11-13-3-5-14(6-4-13)12-22-16-19-9-2-10-20-16/h1-10H,11-12H2. The molecule has 110 valence electrons. The topological polar surface area (TPSA) is 51.6 Å². The predicted molar refractivity (Wildman–Crippen MR) is 89.6 cm³/mol. The minimum Gasteiger partial charge on any atom is -0.231 e. The summed E-state index contributed by atoms with van der Waals surface area (Å²) >= 11 is 3.28. The fourth-order valence-electron chi connectivity index (χ4n) is 1.75. The minimum atomic E-state index is 0.809. The molecule has 0 atom stereocenters. The van der Waals surface area contributed by atoms with Gasteiger partial charge in [-0.2, -0.15) is 0 Å². The Kier molecular flexibility index (Phi) is 5.39. The largest absolute Gasteiger partial charge is 0.231 e. The molecule has 0 saturated carbocycles. The molecule has 4 nitrogen and oxygen atoms in total. The van der Waals surface area contributed by atoms with E-state index in [1.54, 1.807) is 48.3 Å². The van der Waals surface area contributed by atoms with Gasteiger partial charge >= 0.3 is 0 Å². The van der Waals surface area contributed by atoms with Crippen molar-refractivity contribution in [1.29, 1.82) is 0 Å². The summed E-state index contributed by atoms with van der Waals surface area (Å²) in [6.07, 6.45) is 7.06. The third-order valence-electron chi connectivity index (χ3n) is 2.84. The Labute approximate surface area is 137 Å². The van der Waals surface area contributed by atoms with Crippen molar-refractivity contribution in [2.75, 3.05) is 0 Å². The number of hydrogen-bond donors (Lipinski definition) is 0. The third-order valence-corrected chi connectivity index (χ3v) is 4.74. The van der Waals surface area contributed by atoms with Gasteiger partial charge in [-0.3, -0.25) is 0 Å².